The average Bonchev–Trinajstić information content (AvgIpc) is 2.62. The number of nitrogens with one attached hydrogen (secondary N) is 1. The number of rotatable bonds is 5. The van der Waals surface area contributed by atoms with Crippen molar-refractivity contribution in [3.8, 4) is 0 Å². The van der Waals surface area contributed by atoms with E-state index in [9.17, 15) is 4.79 Å². The molecule has 5 heteroatoms. The summed E-state index contributed by atoms with van der Waals surface area (Å²) in [5.41, 5.74) is 5.51. The van der Waals surface area contributed by atoms with E-state index in [0.717, 1.165) is 23.5 Å². The molecule has 0 saturated heterocycles. The van der Waals surface area contributed by atoms with E-state index in [1.807, 2.05) is 38.4 Å². The van der Waals surface area contributed by atoms with Crippen molar-refractivity contribution in [2.24, 2.45) is 5.10 Å². The molecule has 1 amide bonds. The zero-order valence-corrected chi connectivity index (χ0v) is 10.9. The lowest BCUT2D eigenvalue weighted by Gasteiger charge is -2.04. The monoisotopic (exact) mass is 236 g/mol. The van der Waals surface area contributed by atoms with E-state index in [-0.39, 0.29) is 5.91 Å². The highest BCUT2D eigenvalue weighted by Crippen LogP contribution is 2.02. The van der Waals surface area contributed by atoms with Crippen LogP contribution in [0.5, 0.6) is 0 Å². The zero-order valence-electron chi connectivity index (χ0n) is 10.9. The first-order valence-corrected chi connectivity index (χ1v) is 5.86. The van der Waals surface area contributed by atoms with Crippen molar-refractivity contribution in [3.05, 3.63) is 17.5 Å². The first kappa shape index (κ1) is 13.4. The Kier molecular flexibility index (Phi) is 4.87. The Morgan fingerprint density at radius 2 is 2.24 bits per heavy atom. The number of carbonyl (C=O) groups is 1. The molecule has 5 nitrogen and oxygen atoms in total. The second kappa shape index (κ2) is 6.18. The van der Waals surface area contributed by atoms with Gasteiger partial charge in [0.05, 0.1) is 12.2 Å². The van der Waals surface area contributed by atoms with Crippen molar-refractivity contribution >= 4 is 11.6 Å². The largest absolute Gasteiger partial charge is 0.273 e. The SMILES string of the molecule is CC/C(C)=N/NC(=O)CCn1nc(C)cc1C. The molecule has 0 unspecified atom stereocenters. The number of amides is 1. The quantitative estimate of drug-likeness (QED) is 0.626. The summed E-state index contributed by atoms with van der Waals surface area (Å²) in [5.74, 6) is -0.0784. The van der Waals surface area contributed by atoms with Crippen LogP contribution < -0.4 is 5.43 Å². The summed E-state index contributed by atoms with van der Waals surface area (Å²) >= 11 is 0. The molecule has 0 aromatic carbocycles. The Morgan fingerprint density at radius 1 is 1.53 bits per heavy atom. The molecule has 0 atom stereocenters. The normalized spacial score (nSPS) is 11.6. The first-order chi connectivity index (χ1) is 8.02. The minimum Gasteiger partial charge on any atom is -0.273 e. The van der Waals surface area contributed by atoms with Crippen LogP contribution in [0.2, 0.25) is 0 Å². The van der Waals surface area contributed by atoms with Gasteiger partial charge in [-0.25, -0.2) is 5.43 Å². The van der Waals surface area contributed by atoms with Gasteiger partial charge in [0.15, 0.2) is 0 Å². The van der Waals surface area contributed by atoms with Crippen molar-refractivity contribution in [3.63, 3.8) is 0 Å². The maximum atomic E-state index is 11.5. The lowest BCUT2D eigenvalue weighted by atomic mass is 10.3. The van der Waals surface area contributed by atoms with Crippen LogP contribution in [0.15, 0.2) is 11.2 Å². The van der Waals surface area contributed by atoms with Crippen LogP contribution in [0.3, 0.4) is 0 Å². The molecular formula is C12H20N4O. The van der Waals surface area contributed by atoms with Gasteiger partial charge in [-0.15, -0.1) is 0 Å². The van der Waals surface area contributed by atoms with E-state index in [2.05, 4.69) is 15.6 Å². The van der Waals surface area contributed by atoms with Gasteiger partial charge in [0, 0.05) is 17.8 Å². The second-order valence-corrected chi connectivity index (χ2v) is 4.14. The number of hydrogen-bond donors (Lipinski definition) is 1. The smallest absolute Gasteiger partial charge is 0.241 e. The highest BCUT2D eigenvalue weighted by atomic mass is 16.2. The molecule has 0 bridgehead atoms. The second-order valence-electron chi connectivity index (χ2n) is 4.14. The first-order valence-electron chi connectivity index (χ1n) is 5.86. The van der Waals surface area contributed by atoms with Crippen molar-refractivity contribution in [1.29, 1.82) is 0 Å². The van der Waals surface area contributed by atoms with Crippen molar-refractivity contribution in [2.75, 3.05) is 0 Å². The summed E-state index contributed by atoms with van der Waals surface area (Å²) in [6.07, 6.45) is 1.24. The third kappa shape index (κ3) is 4.38. The topological polar surface area (TPSA) is 59.3 Å². The van der Waals surface area contributed by atoms with Crippen molar-refractivity contribution < 1.29 is 4.79 Å². The lowest BCUT2D eigenvalue weighted by Crippen LogP contribution is -2.21. The van der Waals surface area contributed by atoms with E-state index in [1.165, 1.54) is 0 Å². The molecule has 1 rings (SSSR count). The molecule has 0 spiro atoms. The highest BCUT2D eigenvalue weighted by molar-refractivity contribution is 5.84. The Balaban J connectivity index is 2.41. The third-order valence-electron chi connectivity index (χ3n) is 2.54. The Hall–Kier alpha value is -1.65. The molecule has 0 aliphatic heterocycles. The Labute approximate surface area is 102 Å². The van der Waals surface area contributed by atoms with Crippen molar-refractivity contribution in [1.82, 2.24) is 15.2 Å². The molecule has 1 heterocycles. The number of carbonyl (C=O) groups excluding carboxylic acids is 1. The zero-order chi connectivity index (χ0) is 12.8. The van der Waals surface area contributed by atoms with Crippen molar-refractivity contribution in [2.45, 2.75) is 47.1 Å². The summed E-state index contributed by atoms with van der Waals surface area (Å²) < 4.78 is 1.84. The van der Waals surface area contributed by atoms with Gasteiger partial charge in [0.1, 0.15) is 0 Å². The predicted octanol–water partition coefficient (Wildman–Crippen LogP) is 1.79. The molecule has 0 radical (unpaired) electrons. The van der Waals surface area contributed by atoms with Crippen LogP contribution >= 0.6 is 0 Å². The summed E-state index contributed by atoms with van der Waals surface area (Å²) in [7, 11) is 0. The lowest BCUT2D eigenvalue weighted by molar-refractivity contribution is -0.121. The maximum Gasteiger partial charge on any atom is 0.241 e. The van der Waals surface area contributed by atoms with Gasteiger partial charge in [0.25, 0.3) is 0 Å². The van der Waals surface area contributed by atoms with E-state index < -0.39 is 0 Å². The summed E-state index contributed by atoms with van der Waals surface area (Å²) in [6.45, 7) is 8.41. The molecular weight excluding hydrogens is 216 g/mol. The van der Waals surface area contributed by atoms with Gasteiger partial charge in [0.2, 0.25) is 5.91 Å². The Bertz CT molecular complexity index is 420. The van der Waals surface area contributed by atoms with Gasteiger partial charge < -0.3 is 0 Å². The molecule has 1 aromatic rings. The van der Waals surface area contributed by atoms with Crippen LogP contribution in [0.25, 0.3) is 0 Å². The summed E-state index contributed by atoms with van der Waals surface area (Å²) in [4.78, 5) is 11.5. The minimum absolute atomic E-state index is 0.0784. The summed E-state index contributed by atoms with van der Waals surface area (Å²) in [5, 5.41) is 8.26. The molecule has 0 aliphatic carbocycles. The van der Waals surface area contributed by atoms with Gasteiger partial charge in [-0.1, -0.05) is 6.92 Å². The molecule has 0 aliphatic rings. The van der Waals surface area contributed by atoms with Crippen LogP contribution in [0, 0.1) is 13.8 Å². The minimum atomic E-state index is -0.0784. The molecule has 17 heavy (non-hydrogen) atoms. The molecule has 1 aromatic heterocycles. The van der Waals surface area contributed by atoms with Crippen LogP contribution in [-0.2, 0) is 11.3 Å². The van der Waals surface area contributed by atoms with E-state index in [0.29, 0.717) is 13.0 Å². The number of nitrogens with zero attached hydrogens (tertiary/aromatic N) is 3. The molecule has 0 fully saturated rings. The van der Waals surface area contributed by atoms with Crippen LogP contribution in [0.4, 0.5) is 0 Å². The Morgan fingerprint density at radius 3 is 2.76 bits per heavy atom. The predicted molar refractivity (Wildman–Crippen MR) is 67.9 cm³/mol. The molecule has 1 N–H and O–H groups in total. The standard InChI is InChI=1S/C12H20N4O/c1-5-9(2)13-14-12(17)6-7-16-11(4)8-10(3)15-16/h8H,5-7H2,1-4H3,(H,14,17)/b13-9+. The van der Waals surface area contributed by atoms with E-state index in [4.69, 9.17) is 0 Å². The number of aryl methyl sites for hydroxylation is 3. The molecule has 0 saturated carbocycles. The highest BCUT2D eigenvalue weighted by Gasteiger charge is 2.04. The summed E-state index contributed by atoms with van der Waals surface area (Å²) in [6, 6.07) is 2.00. The number of hydrazone groups is 1. The maximum absolute atomic E-state index is 11.5. The van der Waals surface area contributed by atoms with E-state index >= 15 is 0 Å². The fourth-order valence-corrected chi connectivity index (χ4v) is 1.40. The van der Waals surface area contributed by atoms with Gasteiger partial charge in [-0.2, -0.15) is 10.2 Å². The fourth-order valence-electron chi connectivity index (χ4n) is 1.40. The number of aromatic nitrogens is 2. The fraction of sp³-hybridized carbons (Fsp3) is 0.583. The van der Waals surface area contributed by atoms with Gasteiger partial charge >= 0.3 is 0 Å². The number of hydrogen-bond acceptors (Lipinski definition) is 3. The van der Waals surface area contributed by atoms with E-state index in [1.54, 1.807) is 0 Å². The van der Waals surface area contributed by atoms with Gasteiger partial charge in [-0.05, 0) is 33.3 Å². The van der Waals surface area contributed by atoms with Crippen LogP contribution in [0.1, 0.15) is 38.1 Å². The average molecular weight is 236 g/mol. The third-order valence-corrected chi connectivity index (χ3v) is 2.54. The van der Waals surface area contributed by atoms with Gasteiger partial charge in [-0.3, -0.25) is 9.48 Å². The van der Waals surface area contributed by atoms with Crippen LogP contribution in [-0.4, -0.2) is 21.4 Å². The molecule has 94 valence electrons.